The van der Waals surface area contributed by atoms with Gasteiger partial charge in [-0.2, -0.15) is 0 Å². The molecule has 0 nitrogen and oxygen atoms in total. The highest BCUT2D eigenvalue weighted by atomic mass is 14.4. The second-order valence-electron chi connectivity index (χ2n) is 22.2. The largest absolute Gasteiger partial charge is 0.0619 e. The molecule has 7 aromatic carbocycles. The molecule has 0 heteroatoms. The fourth-order valence-corrected chi connectivity index (χ4v) is 11.5. The monoisotopic (exact) mass is 794 g/mol. The first-order chi connectivity index (χ1) is 28.8. The molecule has 3 aliphatic carbocycles. The van der Waals surface area contributed by atoms with Crippen LogP contribution in [0.1, 0.15) is 150 Å². The van der Waals surface area contributed by atoms with Gasteiger partial charge in [-0.1, -0.05) is 223 Å². The summed E-state index contributed by atoms with van der Waals surface area (Å²) < 4.78 is 0. The average Bonchev–Trinajstić information content (AvgIpc) is 3.71. The molecule has 0 fully saturated rings. The lowest BCUT2D eigenvalue weighted by molar-refractivity contribution is 0.579. The molecular formula is C61H62. The first kappa shape index (κ1) is 39.7. The van der Waals surface area contributed by atoms with Crippen molar-refractivity contribution in [3.05, 3.63) is 201 Å². The van der Waals surface area contributed by atoms with Gasteiger partial charge in [-0.25, -0.2) is 0 Å². The summed E-state index contributed by atoms with van der Waals surface area (Å²) in [5.74, 6) is 0.143. The summed E-state index contributed by atoms with van der Waals surface area (Å²) in [5, 5.41) is 0. The van der Waals surface area contributed by atoms with Crippen LogP contribution in [0.2, 0.25) is 0 Å². The third-order valence-electron chi connectivity index (χ3n) is 15.2. The highest BCUT2D eigenvalue weighted by Crippen LogP contribution is 2.56. The number of benzene rings is 7. The maximum Gasteiger partial charge on any atom is 0.0159 e. The Labute approximate surface area is 366 Å². The van der Waals surface area contributed by atoms with E-state index in [1.807, 2.05) is 0 Å². The van der Waals surface area contributed by atoms with Crippen molar-refractivity contribution in [2.24, 2.45) is 0 Å². The molecule has 0 N–H and O–H groups in total. The molecule has 0 radical (unpaired) electrons. The van der Waals surface area contributed by atoms with E-state index < -0.39 is 0 Å². The van der Waals surface area contributed by atoms with Crippen molar-refractivity contribution >= 4 is 0 Å². The quantitative estimate of drug-likeness (QED) is 0.163. The van der Waals surface area contributed by atoms with Gasteiger partial charge in [-0.15, -0.1) is 0 Å². The topological polar surface area (TPSA) is 0 Å². The van der Waals surface area contributed by atoms with Crippen molar-refractivity contribution < 1.29 is 0 Å². The first-order valence-electron chi connectivity index (χ1n) is 22.7. The van der Waals surface area contributed by atoms with Crippen LogP contribution >= 0.6 is 0 Å². The van der Waals surface area contributed by atoms with E-state index >= 15 is 0 Å². The zero-order valence-corrected chi connectivity index (χ0v) is 38.6. The summed E-state index contributed by atoms with van der Waals surface area (Å²) in [5.41, 5.74) is 26.4. The van der Waals surface area contributed by atoms with E-state index in [9.17, 15) is 0 Å². The number of rotatable bonds is 5. The van der Waals surface area contributed by atoms with Gasteiger partial charge in [0.1, 0.15) is 0 Å². The van der Waals surface area contributed by atoms with Gasteiger partial charge in [0.25, 0.3) is 0 Å². The Morgan fingerprint density at radius 1 is 0.393 bits per heavy atom. The maximum absolute atomic E-state index is 2.60. The Hall–Kier alpha value is -5.46. The second-order valence-corrected chi connectivity index (χ2v) is 22.2. The van der Waals surface area contributed by atoms with E-state index in [2.05, 4.69) is 223 Å². The van der Waals surface area contributed by atoms with Gasteiger partial charge in [0.05, 0.1) is 0 Å². The number of hydrogen-bond acceptors (Lipinski definition) is 0. The summed E-state index contributed by atoms with van der Waals surface area (Å²) in [6, 6.07) is 54.6. The van der Waals surface area contributed by atoms with Crippen LogP contribution < -0.4 is 0 Å². The van der Waals surface area contributed by atoms with Gasteiger partial charge < -0.3 is 0 Å². The summed E-state index contributed by atoms with van der Waals surface area (Å²) in [7, 11) is 0. The Morgan fingerprint density at radius 2 is 0.902 bits per heavy atom. The molecule has 61 heavy (non-hydrogen) atoms. The van der Waals surface area contributed by atoms with Gasteiger partial charge in [-0.3, -0.25) is 0 Å². The van der Waals surface area contributed by atoms with Crippen LogP contribution in [-0.2, 0) is 33.5 Å². The van der Waals surface area contributed by atoms with E-state index in [0.717, 1.165) is 6.42 Å². The van der Waals surface area contributed by atoms with Gasteiger partial charge in [-0.05, 0) is 123 Å². The molecule has 0 heterocycles. The molecule has 10 rings (SSSR count). The highest BCUT2D eigenvalue weighted by Gasteiger charge is 2.42. The molecule has 0 aromatic heterocycles. The molecule has 0 saturated heterocycles. The zero-order chi connectivity index (χ0) is 43.0. The summed E-state index contributed by atoms with van der Waals surface area (Å²) in [4.78, 5) is 0. The summed E-state index contributed by atoms with van der Waals surface area (Å²) in [6.45, 7) is 28.7. The normalized spacial score (nSPS) is 16.6. The molecule has 306 valence electrons. The van der Waals surface area contributed by atoms with Crippen LogP contribution in [0, 0.1) is 0 Å². The molecule has 1 unspecified atom stereocenters. The van der Waals surface area contributed by atoms with E-state index in [1.54, 1.807) is 0 Å². The third-order valence-corrected chi connectivity index (χ3v) is 15.2. The third kappa shape index (κ3) is 5.99. The molecule has 7 aromatic rings. The molecule has 0 spiro atoms. The van der Waals surface area contributed by atoms with Crippen LogP contribution in [-0.4, -0.2) is 0 Å². The molecule has 0 saturated carbocycles. The standard InChI is InChI=1S/C61H62/c1-57(2,3)40-29-31-46-53(35-40)61(11,12)54-36-41(58(4,5)6)34-48(56(46)54)47(39-28-30-44-43-18-13-15-21-49(43)60(9,10)52(44)33-39)32-37-24-26-38(27-25-37)42-20-17-23-51-55(42)45-19-14-16-22-50(45)59(51,7)8/h13-31,33-36,47H,32H2,1-12H3. The van der Waals surface area contributed by atoms with Crippen molar-refractivity contribution in [3.8, 4) is 44.5 Å². The Morgan fingerprint density at radius 3 is 1.59 bits per heavy atom. The predicted molar refractivity (Wildman–Crippen MR) is 260 cm³/mol. The van der Waals surface area contributed by atoms with Crippen LogP contribution in [0.5, 0.6) is 0 Å². The molecule has 3 aliphatic rings. The van der Waals surface area contributed by atoms with Crippen molar-refractivity contribution in [2.75, 3.05) is 0 Å². The van der Waals surface area contributed by atoms with Gasteiger partial charge in [0.2, 0.25) is 0 Å². The van der Waals surface area contributed by atoms with Gasteiger partial charge >= 0.3 is 0 Å². The van der Waals surface area contributed by atoms with E-state index in [-0.39, 0.29) is 33.0 Å². The lowest BCUT2D eigenvalue weighted by Gasteiger charge is -2.30. The Balaban J connectivity index is 1.16. The fourth-order valence-electron chi connectivity index (χ4n) is 11.5. The Bertz CT molecular complexity index is 2910. The Kier molecular flexibility index (Phi) is 8.63. The van der Waals surface area contributed by atoms with E-state index in [0.29, 0.717) is 0 Å². The van der Waals surface area contributed by atoms with Gasteiger partial charge in [0.15, 0.2) is 0 Å². The van der Waals surface area contributed by atoms with Crippen LogP contribution in [0.4, 0.5) is 0 Å². The minimum Gasteiger partial charge on any atom is -0.0619 e. The first-order valence-corrected chi connectivity index (χ1v) is 22.7. The second kappa shape index (κ2) is 13.3. The van der Waals surface area contributed by atoms with E-state index in [1.165, 1.54) is 106 Å². The number of hydrogen-bond donors (Lipinski definition) is 0. The lowest BCUT2D eigenvalue weighted by atomic mass is 9.74. The highest BCUT2D eigenvalue weighted by molar-refractivity contribution is 5.92. The number of fused-ring (bicyclic) bond motifs is 9. The van der Waals surface area contributed by atoms with Gasteiger partial charge in [0, 0.05) is 22.2 Å². The van der Waals surface area contributed by atoms with Crippen LogP contribution in [0.15, 0.2) is 140 Å². The zero-order valence-electron chi connectivity index (χ0n) is 38.6. The van der Waals surface area contributed by atoms with E-state index in [4.69, 9.17) is 0 Å². The molecule has 0 aliphatic heterocycles. The molecule has 0 amide bonds. The SMILES string of the molecule is CC(C)(C)c1ccc2c(c1)C(C)(C)c1cc(C(C)(C)C)cc(C(Cc3ccc(-c4cccc5c4-c4ccccc4C5(C)C)cc3)c3ccc4c(c3)C(C)(C)c3ccccc3-4)c1-2. The molecule has 1 atom stereocenters. The molecule has 0 bridgehead atoms. The van der Waals surface area contributed by atoms with Crippen molar-refractivity contribution in [1.82, 2.24) is 0 Å². The lowest BCUT2D eigenvalue weighted by Crippen LogP contribution is -2.20. The van der Waals surface area contributed by atoms with Crippen molar-refractivity contribution in [2.45, 2.75) is 122 Å². The maximum atomic E-state index is 2.60. The minimum atomic E-state index is -0.126. The van der Waals surface area contributed by atoms with Crippen LogP contribution in [0.3, 0.4) is 0 Å². The minimum absolute atomic E-state index is 0.0118. The van der Waals surface area contributed by atoms with Crippen molar-refractivity contribution in [1.29, 1.82) is 0 Å². The fraction of sp³-hybridized carbons (Fsp3) is 0.311. The summed E-state index contributed by atoms with van der Waals surface area (Å²) in [6.07, 6.45) is 0.908. The molecular weight excluding hydrogens is 733 g/mol. The van der Waals surface area contributed by atoms with Crippen LogP contribution in [0.25, 0.3) is 44.5 Å². The summed E-state index contributed by atoms with van der Waals surface area (Å²) >= 11 is 0. The van der Waals surface area contributed by atoms with Crippen molar-refractivity contribution in [3.63, 3.8) is 0 Å². The smallest absolute Gasteiger partial charge is 0.0159 e. The predicted octanol–water partition coefficient (Wildman–Crippen LogP) is 16.2. The average molecular weight is 795 g/mol.